The lowest BCUT2D eigenvalue weighted by Gasteiger charge is -2.63. The Labute approximate surface area is 127 Å². The second-order valence-electron chi connectivity index (χ2n) is 10.4. The quantitative estimate of drug-likeness (QED) is 0.588. The molecular formula is C19H37N. The SMILES string of the molecule is CC(C)(C)N1CC2CCC(C1)C2(C(C)(C)C)C(C)(C)C. The van der Waals surface area contributed by atoms with Crippen LogP contribution >= 0.6 is 0 Å². The lowest BCUT2D eigenvalue weighted by atomic mass is 9.45. The summed E-state index contributed by atoms with van der Waals surface area (Å²) in [4.78, 5) is 2.76. The fourth-order valence-corrected chi connectivity index (χ4v) is 6.39. The van der Waals surface area contributed by atoms with Crippen LogP contribution in [-0.4, -0.2) is 23.5 Å². The van der Waals surface area contributed by atoms with Crippen LogP contribution in [0.25, 0.3) is 0 Å². The van der Waals surface area contributed by atoms with E-state index in [2.05, 4.69) is 67.2 Å². The molecule has 1 nitrogen and oxygen atoms in total. The zero-order chi connectivity index (χ0) is 15.6. The second-order valence-corrected chi connectivity index (χ2v) is 10.4. The third-order valence-corrected chi connectivity index (χ3v) is 6.46. The number of nitrogens with zero attached hydrogens (tertiary/aromatic N) is 1. The minimum Gasteiger partial charge on any atom is -0.298 e. The molecule has 1 saturated carbocycles. The van der Waals surface area contributed by atoms with Gasteiger partial charge in [-0.3, -0.25) is 4.90 Å². The molecule has 2 rings (SSSR count). The zero-order valence-corrected chi connectivity index (χ0v) is 15.4. The summed E-state index contributed by atoms with van der Waals surface area (Å²) >= 11 is 0. The van der Waals surface area contributed by atoms with Gasteiger partial charge in [-0.05, 0) is 61.7 Å². The van der Waals surface area contributed by atoms with Crippen molar-refractivity contribution in [2.24, 2.45) is 28.1 Å². The summed E-state index contributed by atoms with van der Waals surface area (Å²) < 4.78 is 0. The van der Waals surface area contributed by atoms with Crippen LogP contribution in [0.15, 0.2) is 0 Å². The highest BCUT2D eigenvalue weighted by Gasteiger charge is 2.64. The van der Waals surface area contributed by atoms with E-state index in [0.717, 1.165) is 11.8 Å². The summed E-state index contributed by atoms with van der Waals surface area (Å²) in [5.41, 5.74) is 1.59. The van der Waals surface area contributed by atoms with Crippen molar-refractivity contribution in [3.63, 3.8) is 0 Å². The molecule has 0 amide bonds. The molecule has 2 unspecified atom stereocenters. The summed E-state index contributed by atoms with van der Waals surface area (Å²) in [6.07, 6.45) is 2.87. The van der Waals surface area contributed by atoms with Gasteiger partial charge in [0.1, 0.15) is 0 Å². The molecule has 2 bridgehead atoms. The maximum Gasteiger partial charge on any atom is 0.0125 e. The Morgan fingerprint density at radius 1 is 0.700 bits per heavy atom. The van der Waals surface area contributed by atoms with E-state index in [1.54, 1.807) is 0 Å². The minimum absolute atomic E-state index is 0.322. The van der Waals surface area contributed by atoms with Gasteiger partial charge < -0.3 is 0 Å². The fraction of sp³-hybridized carbons (Fsp3) is 1.00. The maximum atomic E-state index is 2.76. The Bertz CT molecular complexity index is 331. The predicted molar refractivity (Wildman–Crippen MR) is 88.9 cm³/mol. The number of hydrogen-bond acceptors (Lipinski definition) is 1. The average Bonchev–Trinajstić information content (AvgIpc) is 2.42. The van der Waals surface area contributed by atoms with E-state index in [4.69, 9.17) is 0 Å². The molecule has 0 N–H and O–H groups in total. The van der Waals surface area contributed by atoms with Crippen LogP contribution in [0.5, 0.6) is 0 Å². The molecule has 0 aromatic carbocycles. The standard InChI is InChI=1S/C19H37N/c1-16(2,3)19(17(4,5)6)14-10-11-15(19)13-20(12-14)18(7,8)9/h14-15H,10-13H2,1-9H3. The van der Waals surface area contributed by atoms with Crippen LogP contribution in [-0.2, 0) is 0 Å². The molecule has 1 aliphatic carbocycles. The second kappa shape index (κ2) is 4.48. The minimum atomic E-state index is 0.322. The van der Waals surface area contributed by atoms with Crippen LogP contribution in [0.4, 0.5) is 0 Å². The lowest BCUT2D eigenvalue weighted by Crippen LogP contribution is -2.63. The highest BCUT2D eigenvalue weighted by Crippen LogP contribution is 2.68. The molecule has 1 heteroatoms. The molecule has 118 valence electrons. The molecule has 1 aliphatic heterocycles. The highest BCUT2D eigenvalue weighted by atomic mass is 15.2. The van der Waals surface area contributed by atoms with Crippen LogP contribution in [0, 0.1) is 28.1 Å². The molecule has 1 saturated heterocycles. The molecule has 0 radical (unpaired) electrons. The first-order valence-electron chi connectivity index (χ1n) is 8.57. The Morgan fingerprint density at radius 2 is 1.05 bits per heavy atom. The Balaban J connectivity index is 2.44. The van der Waals surface area contributed by atoms with Crippen molar-refractivity contribution in [3.8, 4) is 0 Å². The first kappa shape index (κ1) is 16.3. The van der Waals surface area contributed by atoms with Crippen LogP contribution in [0.2, 0.25) is 0 Å². The van der Waals surface area contributed by atoms with Crippen LogP contribution < -0.4 is 0 Å². The number of rotatable bonds is 0. The van der Waals surface area contributed by atoms with E-state index in [0.29, 0.717) is 21.8 Å². The molecule has 2 aliphatic rings. The zero-order valence-electron chi connectivity index (χ0n) is 15.4. The predicted octanol–water partition coefficient (Wildman–Crippen LogP) is 5.21. The molecule has 0 aromatic rings. The number of fused-ring (bicyclic) bond motifs is 2. The van der Waals surface area contributed by atoms with Crippen molar-refractivity contribution >= 4 is 0 Å². The third kappa shape index (κ3) is 2.16. The van der Waals surface area contributed by atoms with E-state index in [1.165, 1.54) is 25.9 Å². The number of likely N-dealkylation sites (tertiary alicyclic amines) is 1. The average molecular weight is 280 g/mol. The smallest absolute Gasteiger partial charge is 0.0125 e. The van der Waals surface area contributed by atoms with Gasteiger partial charge in [0.2, 0.25) is 0 Å². The monoisotopic (exact) mass is 279 g/mol. The molecule has 2 fully saturated rings. The molecular weight excluding hydrogens is 242 g/mol. The molecule has 0 aromatic heterocycles. The van der Waals surface area contributed by atoms with E-state index in [-0.39, 0.29) is 0 Å². The molecule has 1 heterocycles. The normalized spacial score (nSPS) is 31.6. The lowest BCUT2D eigenvalue weighted by molar-refractivity contribution is -0.152. The van der Waals surface area contributed by atoms with Crippen molar-refractivity contribution in [2.75, 3.05) is 13.1 Å². The number of hydrogen-bond donors (Lipinski definition) is 0. The first-order chi connectivity index (χ1) is 8.82. The molecule has 0 spiro atoms. The Kier molecular flexibility index (Phi) is 3.66. The van der Waals surface area contributed by atoms with Crippen LogP contribution in [0.3, 0.4) is 0 Å². The summed E-state index contributed by atoms with van der Waals surface area (Å²) in [6.45, 7) is 24.7. The van der Waals surface area contributed by atoms with E-state index < -0.39 is 0 Å². The van der Waals surface area contributed by atoms with Gasteiger partial charge in [0.05, 0.1) is 0 Å². The van der Waals surface area contributed by atoms with Gasteiger partial charge in [-0.25, -0.2) is 0 Å². The Morgan fingerprint density at radius 3 is 1.30 bits per heavy atom. The van der Waals surface area contributed by atoms with Gasteiger partial charge >= 0.3 is 0 Å². The van der Waals surface area contributed by atoms with E-state index in [9.17, 15) is 0 Å². The summed E-state index contributed by atoms with van der Waals surface area (Å²) in [5.74, 6) is 1.72. The Hall–Kier alpha value is -0.0400. The van der Waals surface area contributed by atoms with Gasteiger partial charge in [-0.1, -0.05) is 41.5 Å². The first-order valence-corrected chi connectivity index (χ1v) is 8.57. The number of piperidine rings is 1. The van der Waals surface area contributed by atoms with Gasteiger partial charge in [-0.15, -0.1) is 0 Å². The van der Waals surface area contributed by atoms with Crippen molar-refractivity contribution in [1.82, 2.24) is 4.90 Å². The van der Waals surface area contributed by atoms with Gasteiger partial charge in [0.15, 0.2) is 0 Å². The largest absolute Gasteiger partial charge is 0.298 e. The van der Waals surface area contributed by atoms with Crippen molar-refractivity contribution < 1.29 is 0 Å². The van der Waals surface area contributed by atoms with E-state index >= 15 is 0 Å². The van der Waals surface area contributed by atoms with E-state index in [1.807, 2.05) is 0 Å². The van der Waals surface area contributed by atoms with Crippen molar-refractivity contribution in [2.45, 2.75) is 80.7 Å². The highest BCUT2D eigenvalue weighted by molar-refractivity contribution is 5.13. The van der Waals surface area contributed by atoms with Crippen molar-refractivity contribution in [1.29, 1.82) is 0 Å². The van der Waals surface area contributed by atoms with Crippen LogP contribution in [0.1, 0.15) is 75.2 Å². The van der Waals surface area contributed by atoms with Crippen molar-refractivity contribution in [3.05, 3.63) is 0 Å². The summed E-state index contributed by atoms with van der Waals surface area (Å²) in [5, 5.41) is 0. The summed E-state index contributed by atoms with van der Waals surface area (Å²) in [7, 11) is 0. The van der Waals surface area contributed by atoms with Gasteiger partial charge in [0, 0.05) is 18.6 Å². The van der Waals surface area contributed by atoms with Gasteiger partial charge in [0.25, 0.3) is 0 Å². The maximum absolute atomic E-state index is 2.76. The third-order valence-electron chi connectivity index (χ3n) is 6.46. The molecule has 20 heavy (non-hydrogen) atoms. The molecule has 2 atom stereocenters. The fourth-order valence-electron chi connectivity index (χ4n) is 6.39. The van der Waals surface area contributed by atoms with Gasteiger partial charge in [-0.2, -0.15) is 0 Å². The topological polar surface area (TPSA) is 3.24 Å². The summed E-state index contributed by atoms with van der Waals surface area (Å²) in [6, 6.07) is 0.